The summed E-state index contributed by atoms with van der Waals surface area (Å²) in [6.07, 6.45) is 2.53. The van der Waals surface area contributed by atoms with Crippen molar-refractivity contribution >= 4 is 15.9 Å². The summed E-state index contributed by atoms with van der Waals surface area (Å²) in [5, 5.41) is 0. The van der Waals surface area contributed by atoms with Crippen LogP contribution in [0.2, 0.25) is 0 Å². The lowest BCUT2D eigenvalue weighted by molar-refractivity contribution is 0.430. The van der Waals surface area contributed by atoms with Crippen LogP contribution < -0.4 is 0 Å². The van der Waals surface area contributed by atoms with E-state index in [1.54, 1.807) is 0 Å². The van der Waals surface area contributed by atoms with Gasteiger partial charge in [0.25, 0.3) is 0 Å². The molecule has 0 N–H and O–H groups in total. The highest BCUT2D eigenvalue weighted by molar-refractivity contribution is 9.09. The Kier molecular flexibility index (Phi) is 2.23. The number of hydrogen-bond donors (Lipinski definition) is 0. The van der Waals surface area contributed by atoms with Gasteiger partial charge in [-0.1, -0.05) is 54.0 Å². The van der Waals surface area contributed by atoms with Crippen LogP contribution in [0.5, 0.6) is 0 Å². The van der Waals surface area contributed by atoms with Crippen molar-refractivity contribution in [1.82, 2.24) is 0 Å². The molecule has 1 atom stereocenters. The molecule has 1 aromatic rings. The van der Waals surface area contributed by atoms with Gasteiger partial charge in [-0.15, -0.1) is 0 Å². The first-order chi connectivity index (χ1) is 6.11. The van der Waals surface area contributed by atoms with Crippen molar-refractivity contribution in [1.29, 1.82) is 0 Å². The Morgan fingerprint density at radius 2 is 2.00 bits per heavy atom. The first-order valence-corrected chi connectivity index (χ1v) is 5.76. The predicted octanol–water partition coefficient (Wildman–Crippen LogP) is 4.19. The van der Waals surface area contributed by atoms with Crippen molar-refractivity contribution in [3.63, 3.8) is 0 Å². The van der Waals surface area contributed by atoms with E-state index in [-0.39, 0.29) is 0 Å². The molecule has 0 nitrogen and oxygen atoms in total. The fourth-order valence-electron chi connectivity index (χ4n) is 2.16. The van der Waals surface area contributed by atoms with Crippen LogP contribution in [-0.2, 0) is 5.41 Å². The summed E-state index contributed by atoms with van der Waals surface area (Å²) in [5.74, 6) is 0. The van der Waals surface area contributed by atoms with Crippen LogP contribution in [0.15, 0.2) is 24.3 Å². The molecular weight excluding hydrogens is 224 g/mol. The van der Waals surface area contributed by atoms with Gasteiger partial charge in [-0.25, -0.2) is 0 Å². The largest absolute Gasteiger partial charge is 0.0839 e. The second-order valence-corrected chi connectivity index (χ2v) is 5.58. The van der Waals surface area contributed by atoms with E-state index >= 15 is 0 Å². The van der Waals surface area contributed by atoms with E-state index in [9.17, 15) is 0 Å². The Morgan fingerprint density at radius 3 is 2.69 bits per heavy atom. The van der Waals surface area contributed by atoms with Crippen molar-refractivity contribution in [2.45, 2.75) is 36.9 Å². The molecule has 1 aromatic carbocycles. The lowest BCUT2D eigenvalue weighted by Crippen LogP contribution is -2.24. The molecular formula is C12H15Br. The van der Waals surface area contributed by atoms with Crippen molar-refractivity contribution in [3.8, 4) is 0 Å². The van der Waals surface area contributed by atoms with Crippen LogP contribution in [0.4, 0.5) is 0 Å². The normalized spacial score (nSPS) is 25.3. The molecule has 0 aromatic heterocycles. The second-order valence-electron chi connectivity index (χ2n) is 4.48. The maximum absolute atomic E-state index is 3.74. The highest BCUT2D eigenvalue weighted by Crippen LogP contribution is 2.44. The molecule has 1 heteroatoms. The third-order valence-corrected chi connectivity index (χ3v) is 4.00. The minimum absolute atomic E-state index is 0.362. The maximum atomic E-state index is 3.74. The SMILES string of the molecule is CC1(C)CCC(Br)c2ccccc21. The van der Waals surface area contributed by atoms with Crippen LogP contribution in [0.3, 0.4) is 0 Å². The third-order valence-electron chi connectivity index (χ3n) is 3.05. The van der Waals surface area contributed by atoms with Crippen molar-refractivity contribution in [2.75, 3.05) is 0 Å². The zero-order valence-corrected chi connectivity index (χ0v) is 9.76. The van der Waals surface area contributed by atoms with Gasteiger partial charge in [0, 0.05) is 4.83 Å². The van der Waals surface area contributed by atoms with Crippen LogP contribution in [0.25, 0.3) is 0 Å². The van der Waals surface area contributed by atoms with Gasteiger partial charge in [0.05, 0.1) is 0 Å². The summed E-state index contributed by atoms with van der Waals surface area (Å²) >= 11 is 3.74. The van der Waals surface area contributed by atoms with Crippen LogP contribution >= 0.6 is 15.9 Å². The first kappa shape index (κ1) is 9.26. The van der Waals surface area contributed by atoms with Gasteiger partial charge in [0.1, 0.15) is 0 Å². The van der Waals surface area contributed by atoms with Gasteiger partial charge >= 0.3 is 0 Å². The van der Waals surface area contributed by atoms with Gasteiger partial charge in [-0.05, 0) is 29.4 Å². The lowest BCUT2D eigenvalue weighted by atomic mass is 9.73. The highest BCUT2D eigenvalue weighted by atomic mass is 79.9. The number of fused-ring (bicyclic) bond motifs is 1. The van der Waals surface area contributed by atoms with Gasteiger partial charge in [-0.2, -0.15) is 0 Å². The van der Waals surface area contributed by atoms with E-state index in [2.05, 4.69) is 54.0 Å². The molecule has 70 valence electrons. The Bertz CT molecular complexity index is 315. The molecule has 0 bridgehead atoms. The number of hydrogen-bond acceptors (Lipinski definition) is 0. The summed E-state index contributed by atoms with van der Waals surface area (Å²) in [6.45, 7) is 4.68. The van der Waals surface area contributed by atoms with E-state index in [1.165, 1.54) is 24.0 Å². The van der Waals surface area contributed by atoms with Crippen molar-refractivity contribution in [2.24, 2.45) is 0 Å². The third kappa shape index (κ3) is 1.54. The average molecular weight is 239 g/mol. The van der Waals surface area contributed by atoms with E-state index in [4.69, 9.17) is 0 Å². The summed E-state index contributed by atoms with van der Waals surface area (Å²) in [6, 6.07) is 8.79. The molecule has 0 saturated heterocycles. The Hall–Kier alpha value is -0.300. The number of benzene rings is 1. The molecule has 0 saturated carbocycles. The van der Waals surface area contributed by atoms with Crippen LogP contribution in [0, 0.1) is 0 Å². The van der Waals surface area contributed by atoms with Crippen molar-refractivity contribution < 1.29 is 0 Å². The molecule has 2 rings (SSSR count). The maximum Gasteiger partial charge on any atom is 0.0398 e. The zero-order valence-electron chi connectivity index (χ0n) is 8.18. The smallest absolute Gasteiger partial charge is 0.0398 e. The van der Waals surface area contributed by atoms with E-state index < -0.39 is 0 Å². The van der Waals surface area contributed by atoms with Crippen molar-refractivity contribution in [3.05, 3.63) is 35.4 Å². The molecule has 1 aliphatic rings. The fraction of sp³-hybridized carbons (Fsp3) is 0.500. The number of alkyl halides is 1. The van der Waals surface area contributed by atoms with E-state index in [0.717, 1.165) is 0 Å². The summed E-state index contributed by atoms with van der Waals surface area (Å²) in [4.78, 5) is 0.566. The number of rotatable bonds is 0. The monoisotopic (exact) mass is 238 g/mol. The van der Waals surface area contributed by atoms with Crippen LogP contribution in [-0.4, -0.2) is 0 Å². The quantitative estimate of drug-likeness (QED) is 0.595. The molecule has 0 amide bonds. The molecule has 0 fully saturated rings. The highest BCUT2D eigenvalue weighted by Gasteiger charge is 2.30. The molecule has 0 spiro atoms. The van der Waals surface area contributed by atoms with E-state index in [0.29, 0.717) is 10.2 Å². The average Bonchev–Trinajstić information content (AvgIpc) is 2.13. The summed E-state index contributed by atoms with van der Waals surface area (Å²) in [7, 11) is 0. The van der Waals surface area contributed by atoms with Gasteiger partial charge in [0.2, 0.25) is 0 Å². The second kappa shape index (κ2) is 3.13. The van der Waals surface area contributed by atoms with E-state index in [1.807, 2.05) is 0 Å². The minimum Gasteiger partial charge on any atom is -0.0839 e. The summed E-state index contributed by atoms with van der Waals surface area (Å²) < 4.78 is 0. The van der Waals surface area contributed by atoms with Gasteiger partial charge in [-0.3, -0.25) is 0 Å². The zero-order chi connectivity index (χ0) is 9.47. The lowest BCUT2D eigenvalue weighted by Gasteiger charge is -2.35. The standard InChI is InChI=1S/C12H15Br/c1-12(2)8-7-11(13)9-5-3-4-6-10(9)12/h3-6,11H,7-8H2,1-2H3. The topological polar surface area (TPSA) is 0 Å². The molecule has 13 heavy (non-hydrogen) atoms. The Morgan fingerprint density at radius 1 is 1.31 bits per heavy atom. The minimum atomic E-state index is 0.362. The number of halogens is 1. The summed E-state index contributed by atoms with van der Waals surface area (Å²) in [5.41, 5.74) is 3.36. The Labute approximate surface area is 88.5 Å². The molecule has 1 aliphatic carbocycles. The Balaban J connectivity index is 2.55. The van der Waals surface area contributed by atoms with Gasteiger partial charge in [0.15, 0.2) is 0 Å². The fourth-order valence-corrected chi connectivity index (χ4v) is 2.79. The van der Waals surface area contributed by atoms with Crippen LogP contribution in [0.1, 0.15) is 42.6 Å². The molecule has 0 aliphatic heterocycles. The molecule has 0 heterocycles. The first-order valence-electron chi connectivity index (χ1n) is 4.85. The van der Waals surface area contributed by atoms with Gasteiger partial charge < -0.3 is 0 Å². The molecule has 1 unspecified atom stereocenters. The molecule has 0 radical (unpaired) electrons. The predicted molar refractivity (Wildman–Crippen MR) is 60.4 cm³/mol.